The van der Waals surface area contributed by atoms with Crippen molar-refractivity contribution in [2.45, 2.75) is 20.0 Å². The predicted molar refractivity (Wildman–Crippen MR) is 87.3 cm³/mol. The molecule has 0 aliphatic heterocycles. The van der Waals surface area contributed by atoms with Crippen molar-refractivity contribution >= 4 is 6.03 Å². The summed E-state index contributed by atoms with van der Waals surface area (Å²) < 4.78 is 13.2. The molecule has 122 valence electrons. The average Bonchev–Trinajstić information content (AvgIpc) is 2.56. The molecule has 0 atom stereocenters. The van der Waals surface area contributed by atoms with Gasteiger partial charge in [0.15, 0.2) is 0 Å². The minimum atomic E-state index is -0.259. The van der Waals surface area contributed by atoms with Crippen molar-refractivity contribution in [1.29, 1.82) is 0 Å². The van der Waals surface area contributed by atoms with Gasteiger partial charge in [0.1, 0.15) is 5.82 Å². The van der Waals surface area contributed by atoms with Crippen molar-refractivity contribution in [1.82, 2.24) is 10.2 Å². The summed E-state index contributed by atoms with van der Waals surface area (Å²) in [5.41, 5.74) is 2.38. The van der Waals surface area contributed by atoms with Crippen LogP contribution in [0.15, 0.2) is 48.5 Å². The Balaban J connectivity index is 1.96. The van der Waals surface area contributed by atoms with Crippen LogP contribution in [-0.2, 0) is 13.1 Å². The molecule has 5 heteroatoms. The first-order valence-electron chi connectivity index (χ1n) is 7.52. The van der Waals surface area contributed by atoms with Gasteiger partial charge in [-0.05, 0) is 29.7 Å². The Labute approximate surface area is 135 Å². The molecule has 4 nitrogen and oxygen atoms in total. The normalized spacial score (nSPS) is 10.4. The minimum Gasteiger partial charge on any atom is -0.395 e. The zero-order valence-corrected chi connectivity index (χ0v) is 13.1. The number of hydrogen-bond acceptors (Lipinski definition) is 2. The number of amides is 2. The number of nitrogens with zero attached hydrogens (tertiary/aromatic N) is 1. The van der Waals surface area contributed by atoms with Crippen molar-refractivity contribution in [2.24, 2.45) is 0 Å². The van der Waals surface area contributed by atoms with E-state index in [1.54, 1.807) is 24.0 Å². The van der Waals surface area contributed by atoms with E-state index < -0.39 is 0 Å². The third-order valence-electron chi connectivity index (χ3n) is 3.54. The predicted octanol–water partition coefficient (Wildman–Crippen LogP) is 2.84. The quantitative estimate of drug-likeness (QED) is 0.861. The van der Waals surface area contributed by atoms with Crippen LogP contribution in [0.1, 0.15) is 16.7 Å². The Kier molecular flexibility index (Phi) is 6.11. The van der Waals surface area contributed by atoms with Crippen LogP contribution in [-0.4, -0.2) is 29.2 Å². The maximum atomic E-state index is 13.2. The molecule has 0 saturated carbocycles. The third kappa shape index (κ3) is 5.07. The number of hydrogen-bond donors (Lipinski definition) is 2. The van der Waals surface area contributed by atoms with E-state index in [0.29, 0.717) is 18.7 Å². The summed E-state index contributed by atoms with van der Waals surface area (Å²) in [7, 11) is 0. The number of halogens is 1. The lowest BCUT2D eigenvalue weighted by Crippen LogP contribution is -2.40. The van der Waals surface area contributed by atoms with Crippen LogP contribution in [0, 0.1) is 12.7 Å². The van der Waals surface area contributed by atoms with E-state index in [2.05, 4.69) is 5.32 Å². The lowest BCUT2D eigenvalue weighted by molar-refractivity contribution is 0.173. The van der Waals surface area contributed by atoms with Crippen LogP contribution in [0.2, 0.25) is 0 Å². The zero-order chi connectivity index (χ0) is 16.7. The molecule has 0 saturated heterocycles. The Bertz CT molecular complexity index is 647. The molecular formula is C18H21FN2O2. The number of urea groups is 1. The van der Waals surface area contributed by atoms with Gasteiger partial charge in [-0.2, -0.15) is 0 Å². The molecule has 0 unspecified atom stereocenters. The molecule has 0 heterocycles. The number of rotatable bonds is 6. The van der Waals surface area contributed by atoms with E-state index in [9.17, 15) is 9.18 Å². The molecule has 2 aromatic carbocycles. The standard InChI is InChI=1S/C18H21FN2O2/c1-14-11-16(7-8-17(14)19)12-20-18(23)21(9-10-22)13-15-5-3-2-4-6-15/h2-8,11,22H,9-10,12-13H2,1H3,(H,20,23). The number of aryl methyl sites for hydroxylation is 1. The van der Waals surface area contributed by atoms with Crippen LogP contribution < -0.4 is 5.32 Å². The highest BCUT2D eigenvalue weighted by Gasteiger charge is 2.13. The summed E-state index contributed by atoms with van der Waals surface area (Å²) in [6.45, 7) is 2.58. The Morgan fingerprint density at radius 1 is 1.17 bits per heavy atom. The summed E-state index contributed by atoms with van der Waals surface area (Å²) in [5, 5.41) is 12.0. The fraction of sp³-hybridized carbons (Fsp3) is 0.278. The number of aliphatic hydroxyl groups is 1. The van der Waals surface area contributed by atoms with E-state index in [1.165, 1.54) is 6.07 Å². The van der Waals surface area contributed by atoms with Gasteiger partial charge >= 0.3 is 6.03 Å². The monoisotopic (exact) mass is 316 g/mol. The van der Waals surface area contributed by atoms with Gasteiger partial charge in [0.05, 0.1) is 6.61 Å². The fourth-order valence-electron chi connectivity index (χ4n) is 2.28. The lowest BCUT2D eigenvalue weighted by Gasteiger charge is -2.22. The first-order valence-corrected chi connectivity index (χ1v) is 7.52. The van der Waals surface area contributed by atoms with E-state index >= 15 is 0 Å². The second-order valence-corrected chi connectivity index (χ2v) is 5.37. The summed E-state index contributed by atoms with van der Waals surface area (Å²) in [5.74, 6) is -0.258. The zero-order valence-electron chi connectivity index (χ0n) is 13.1. The van der Waals surface area contributed by atoms with Gasteiger partial charge in [-0.1, -0.05) is 42.5 Å². The first-order chi connectivity index (χ1) is 11.1. The molecule has 0 aliphatic rings. The number of nitrogens with one attached hydrogen (secondary N) is 1. The summed E-state index contributed by atoms with van der Waals surface area (Å²) in [6.07, 6.45) is 0. The maximum absolute atomic E-state index is 13.2. The van der Waals surface area contributed by atoms with E-state index in [4.69, 9.17) is 5.11 Å². The number of aliphatic hydroxyl groups excluding tert-OH is 1. The smallest absolute Gasteiger partial charge is 0.318 e. The SMILES string of the molecule is Cc1cc(CNC(=O)N(CCO)Cc2ccccc2)ccc1F. The molecule has 2 amide bonds. The maximum Gasteiger partial charge on any atom is 0.318 e. The van der Waals surface area contributed by atoms with Crippen molar-refractivity contribution in [3.8, 4) is 0 Å². The van der Waals surface area contributed by atoms with Crippen LogP contribution in [0.5, 0.6) is 0 Å². The van der Waals surface area contributed by atoms with Crippen LogP contribution in [0.3, 0.4) is 0 Å². The molecule has 0 radical (unpaired) electrons. The topological polar surface area (TPSA) is 52.6 Å². The van der Waals surface area contributed by atoms with Crippen molar-refractivity contribution < 1.29 is 14.3 Å². The second kappa shape index (κ2) is 8.29. The largest absolute Gasteiger partial charge is 0.395 e. The molecule has 23 heavy (non-hydrogen) atoms. The minimum absolute atomic E-state index is 0.101. The highest BCUT2D eigenvalue weighted by Crippen LogP contribution is 2.09. The lowest BCUT2D eigenvalue weighted by atomic mass is 10.1. The molecule has 0 spiro atoms. The fourth-order valence-corrected chi connectivity index (χ4v) is 2.28. The molecule has 0 aliphatic carbocycles. The molecular weight excluding hydrogens is 295 g/mol. The molecule has 2 rings (SSSR count). The molecule has 2 N–H and O–H groups in total. The van der Waals surface area contributed by atoms with E-state index in [0.717, 1.165) is 11.1 Å². The number of benzene rings is 2. The van der Waals surface area contributed by atoms with Crippen molar-refractivity contribution in [3.05, 3.63) is 71.0 Å². The van der Waals surface area contributed by atoms with Gasteiger partial charge in [0.2, 0.25) is 0 Å². The summed E-state index contributed by atoms with van der Waals surface area (Å²) in [6, 6.07) is 14.1. The van der Waals surface area contributed by atoms with Crippen LogP contribution in [0.25, 0.3) is 0 Å². The molecule has 0 aromatic heterocycles. The second-order valence-electron chi connectivity index (χ2n) is 5.37. The van der Waals surface area contributed by atoms with Crippen LogP contribution >= 0.6 is 0 Å². The summed E-state index contributed by atoms with van der Waals surface area (Å²) >= 11 is 0. The molecule has 0 bridgehead atoms. The van der Waals surface area contributed by atoms with E-state index in [1.807, 2.05) is 30.3 Å². The average molecular weight is 316 g/mol. The van der Waals surface area contributed by atoms with Crippen LogP contribution in [0.4, 0.5) is 9.18 Å². The highest BCUT2D eigenvalue weighted by molar-refractivity contribution is 5.74. The molecule has 0 fully saturated rings. The Morgan fingerprint density at radius 3 is 2.57 bits per heavy atom. The van der Waals surface area contributed by atoms with Gasteiger partial charge in [0, 0.05) is 19.6 Å². The van der Waals surface area contributed by atoms with Gasteiger partial charge in [0.25, 0.3) is 0 Å². The van der Waals surface area contributed by atoms with Crippen molar-refractivity contribution in [2.75, 3.05) is 13.2 Å². The number of carbonyl (C=O) groups excluding carboxylic acids is 1. The van der Waals surface area contributed by atoms with Gasteiger partial charge in [-0.25, -0.2) is 9.18 Å². The van der Waals surface area contributed by atoms with Crippen molar-refractivity contribution in [3.63, 3.8) is 0 Å². The molecule has 2 aromatic rings. The highest BCUT2D eigenvalue weighted by atomic mass is 19.1. The Hall–Kier alpha value is -2.40. The van der Waals surface area contributed by atoms with Gasteiger partial charge < -0.3 is 15.3 Å². The van der Waals surface area contributed by atoms with Gasteiger partial charge in [-0.3, -0.25) is 0 Å². The van der Waals surface area contributed by atoms with E-state index in [-0.39, 0.29) is 25.0 Å². The number of carbonyl (C=O) groups is 1. The summed E-state index contributed by atoms with van der Waals surface area (Å²) in [4.78, 5) is 13.8. The van der Waals surface area contributed by atoms with Gasteiger partial charge in [-0.15, -0.1) is 0 Å². The third-order valence-corrected chi connectivity index (χ3v) is 3.54. The Morgan fingerprint density at radius 2 is 1.91 bits per heavy atom. The first kappa shape index (κ1) is 17.0.